The Morgan fingerprint density at radius 3 is 1.83 bits per heavy atom. The molecule has 0 aromatic heterocycles. The Hall–Kier alpha value is 0.690. The molecule has 108 valence electrons. The summed E-state index contributed by atoms with van der Waals surface area (Å²) in [4.78, 5) is 0. The van der Waals surface area contributed by atoms with Gasteiger partial charge < -0.3 is 5.32 Å². The van der Waals surface area contributed by atoms with Gasteiger partial charge >= 0.3 is 0 Å². The van der Waals surface area contributed by atoms with Gasteiger partial charge in [0.2, 0.25) is 0 Å². The Bertz CT molecular complexity index is 196. The molecule has 0 radical (unpaired) electrons. The maximum Gasteiger partial charge on any atom is 0.0482 e. The highest BCUT2D eigenvalue weighted by molar-refractivity contribution is 14.1. The molecule has 3 atom stereocenters. The normalized spacial score (nSPS) is 26.5. The van der Waals surface area contributed by atoms with Gasteiger partial charge in [0, 0.05) is 10.6 Å². The largest absolute Gasteiger partial charge is 0.305 e. The molecule has 0 spiro atoms. The van der Waals surface area contributed by atoms with E-state index < -0.39 is 0 Å². The molecule has 2 heteroatoms. The van der Waals surface area contributed by atoms with Crippen molar-refractivity contribution < 1.29 is 0 Å². The van der Waals surface area contributed by atoms with E-state index in [1.54, 1.807) is 0 Å². The molecule has 1 nitrogen and oxygen atoms in total. The average molecular weight is 365 g/mol. The van der Waals surface area contributed by atoms with Crippen molar-refractivity contribution in [1.82, 2.24) is 5.32 Å². The molecule has 1 fully saturated rings. The molecular formula is C16H32IN. The monoisotopic (exact) mass is 365 g/mol. The molecule has 0 amide bonds. The van der Waals surface area contributed by atoms with E-state index in [1.165, 1.54) is 64.2 Å². The maximum absolute atomic E-state index is 3.69. The Labute approximate surface area is 128 Å². The van der Waals surface area contributed by atoms with Crippen LogP contribution < -0.4 is 5.32 Å². The lowest BCUT2D eigenvalue weighted by atomic mass is 10.1. The van der Waals surface area contributed by atoms with E-state index in [-0.39, 0.29) is 0 Å². The Morgan fingerprint density at radius 1 is 0.778 bits per heavy atom. The molecule has 1 rings (SSSR count). The SMILES string of the molecule is CCCCCCCC1C(CCCCC)C1NCI. The highest BCUT2D eigenvalue weighted by Gasteiger charge is 2.47. The zero-order valence-electron chi connectivity index (χ0n) is 12.4. The van der Waals surface area contributed by atoms with Crippen molar-refractivity contribution in [3.8, 4) is 0 Å². The first kappa shape index (κ1) is 16.7. The second-order valence-corrected chi connectivity index (χ2v) is 6.65. The fourth-order valence-electron chi connectivity index (χ4n) is 3.24. The van der Waals surface area contributed by atoms with Crippen molar-refractivity contribution in [2.45, 2.75) is 84.1 Å². The van der Waals surface area contributed by atoms with Crippen molar-refractivity contribution in [3.63, 3.8) is 0 Å². The fraction of sp³-hybridized carbons (Fsp3) is 1.00. The quantitative estimate of drug-likeness (QED) is 0.208. The lowest BCUT2D eigenvalue weighted by molar-refractivity contribution is 0.528. The first-order chi connectivity index (χ1) is 8.85. The van der Waals surface area contributed by atoms with Crippen LogP contribution in [0.4, 0.5) is 0 Å². The van der Waals surface area contributed by atoms with Gasteiger partial charge in [0.25, 0.3) is 0 Å². The summed E-state index contributed by atoms with van der Waals surface area (Å²) < 4.78 is 1.12. The van der Waals surface area contributed by atoms with Gasteiger partial charge in [-0.25, -0.2) is 0 Å². The zero-order valence-corrected chi connectivity index (χ0v) is 14.5. The number of halogens is 1. The van der Waals surface area contributed by atoms with Crippen LogP contribution in [0, 0.1) is 11.8 Å². The van der Waals surface area contributed by atoms with Crippen LogP contribution in [-0.4, -0.2) is 10.6 Å². The summed E-state index contributed by atoms with van der Waals surface area (Å²) in [6.45, 7) is 4.60. The van der Waals surface area contributed by atoms with Gasteiger partial charge in [0.05, 0.1) is 0 Å². The highest BCUT2D eigenvalue weighted by atomic mass is 127. The number of unbranched alkanes of at least 4 members (excludes halogenated alkanes) is 6. The minimum atomic E-state index is 0.866. The molecule has 3 unspecified atom stereocenters. The predicted molar refractivity (Wildman–Crippen MR) is 90.3 cm³/mol. The molecule has 1 aliphatic rings. The zero-order chi connectivity index (χ0) is 13.2. The van der Waals surface area contributed by atoms with E-state index in [0.717, 1.165) is 22.4 Å². The minimum Gasteiger partial charge on any atom is -0.305 e. The van der Waals surface area contributed by atoms with E-state index in [9.17, 15) is 0 Å². The van der Waals surface area contributed by atoms with Crippen molar-refractivity contribution >= 4 is 22.6 Å². The number of hydrogen-bond donors (Lipinski definition) is 1. The van der Waals surface area contributed by atoms with Crippen LogP contribution in [-0.2, 0) is 0 Å². The van der Waals surface area contributed by atoms with Crippen LogP contribution in [0.5, 0.6) is 0 Å². The third kappa shape index (κ3) is 6.23. The van der Waals surface area contributed by atoms with Crippen LogP contribution in [0.3, 0.4) is 0 Å². The summed E-state index contributed by atoms with van der Waals surface area (Å²) in [5, 5.41) is 3.69. The third-order valence-corrected chi connectivity index (χ3v) is 4.87. The minimum absolute atomic E-state index is 0.866. The van der Waals surface area contributed by atoms with Crippen molar-refractivity contribution in [2.75, 3.05) is 4.55 Å². The van der Waals surface area contributed by atoms with Crippen molar-refractivity contribution in [2.24, 2.45) is 11.8 Å². The predicted octanol–water partition coefficient (Wildman–Crippen LogP) is 5.52. The van der Waals surface area contributed by atoms with Gasteiger partial charge in [0.15, 0.2) is 0 Å². The highest BCUT2D eigenvalue weighted by Crippen LogP contribution is 2.46. The topological polar surface area (TPSA) is 12.0 Å². The maximum atomic E-state index is 3.69. The second-order valence-electron chi connectivity index (χ2n) is 5.89. The molecule has 1 saturated carbocycles. The van der Waals surface area contributed by atoms with Crippen LogP contribution in [0.2, 0.25) is 0 Å². The summed E-state index contributed by atoms with van der Waals surface area (Å²) >= 11 is 2.45. The lowest BCUT2D eigenvalue weighted by Gasteiger charge is -2.00. The van der Waals surface area contributed by atoms with Crippen LogP contribution >= 0.6 is 22.6 Å². The first-order valence-electron chi connectivity index (χ1n) is 8.14. The molecule has 1 aliphatic carbocycles. The number of rotatable bonds is 12. The molecule has 18 heavy (non-hydrogen) atoms. The van der Waals surface area contributed by atoms with Gasteiger partial charge in [-0.05, 0) is 24.7 Å². The molecular weight excluding hydrogens is 333 g/mol. The second kappa shape index (κ2) is 10.5. The molecule has 0 aromatic rings. The summed E-state index contributed by atoms with van der Waals surface area (Å²) in [7, 11) is 0. The Kier molecular flexibility index (Phi) is 9.74. The van der Waals surface area contributed by atoms with Crippen LogP contribution in [0.15, 0.2) is 0 Å². The van der Waals surface area contributed by atoms with Crippen molar-refractivity contribution in [3.05, 3.63) is 0 Å². The van der Waals surface area contributed by atoms with Gasteiger partial charge in [-0.3, -0.25) is 0 Å². The lowest BCUT2D eigenvalue weighted by Crippen LogP contribution is -2.16. The molecule has 0 aromatic carbocycles. The smallest absolute Gasteiger partial charge is 0.0482 e. The van der Waals surface area contributed by atoms with E-state index in [4.69, 9.17) is 0 Å². The van der Waals surface area contributed by atoms with Gasteiger partial charge in [-0.1, -0.05) is 87.8 Å². The third-order valence-electron chi connectivity index (χ3n) is 4.43. The molecule has 0 bridgehead atoms. The molecule has 0 heterocycles. The fourth-order valence-corrected chi connectivity index (χ4v) is 3.75. The molecule has 0 aliphatic heterocycles. The van der Waals surface area contributed by atoms with Crippen LogP contribution in [0.1, 0.15) is 78.1 Å². The standard InChI is InChI=1S/C16H32IN/c1-3-5-7-8-10-12-15-14(11-9-6-4-2)16(15)18-13-17/h14-16,18H,3-13H2,1-2H3. The van der Waals surface area contributed by atoms with Gasteiger partial charge in [-0.2, -0.15) is 0 Å². The van der Waals surface area contributed by atoms with Crippen LogP contribution in [0.25, 0.3) is 0 Å². The van der Waals surface area contributed by atoms with E-state index in [1.807, 2.05) is 0 Å². The van der Waals surface area contributed by atoms with Gasteiger partial charge in [-0.15, -0.1) is 0 Å². The molecule has 1 N–H and O–H groups in total. The van der Waals surface area contributed by atoms with E-state index in [2.05, 4.69) is 41.8 Å². The Morgan fingerprint density at radius 2 is 1.28 bits per heavy atom. The summed E-state index contributed by atoms with van der Waals surface area (Å²) in [6.07, 6.45) is 14.4. The Balaban J connectivity index is 2.09. The van der Waals surface area contributed by atoms with E-state index in [0.29, 0.717) is 0 Å². The average Bonchev–Trinajstić information content (AvgIpc) is 3.02. The summed E-state index contributed by atoms with van der Waals surface area (Å²) in [5.41, 5.74) is 0. The number of alkyl halides is 1. The molecule has 0 saturated heterocycles. The number of hydrogen-bond acceptors (Lipinski definition) is 1. The number of nitrogens with one attached hydrogen (secondary N) is 1. The summed E-state index contributed by atoms with van der Waals surface area (Å²) in [6, 6.07) is 0.866. The van der Waals surface area contributed by atoms with Gasteiger partial charge in [0.1, 0.15) is 0 Å². The van der Waals surface area contributed by atoms with Crippen molar-refractivity contribution in [1.29, 1.82) is 0 Å². The van der Waals surface area contributed by atoms with E-state index >= 15 is 0 Å². The summed E-state index contributed by atoms with van der Waals surface area (Å²) in [5.74, 6) is 2.02. The first-order valence-corrected chi connectivity index (χ1v) is 9.67.